The van der Waals surface area contributed by atoms with Crippen LogP contribution in [0.3, 0.4) is 0 Å². The van der Waals surface area contributed by atoms with E-state index in [-0.39, 0.29) is 12.2 Å². The summed E-state index contributed by atoms with van der Waals surface area (Å²) in [6.07, 6.45) is -1.01. The van der Waals surface area contributed by atoms with Crippen molar-refractivity contribution in [2.45, 2.75) is 31.1 Å². The second kappa shape index (κ2) is 9.08. The first-order chi connectivity index (χ1) is 14.5. The highest BCUT2D eigenvalue weighted by molar-refractivity contribution is 7.89. The van der Waals surface area contributed by atoms with Crippen molar-refractivity contribution in [3.8, 4) is 0 Å². The summed E-state index contributed by atoms with van der Waals surface area (Å²) in [6, 6.07) is 4.38. The minimum absolute atomic E-state index is 0.153. The van der Waals surface area contributed by atoms with Crippen molar-refractivity contribution in [1.29, 1.82) is 0 Å². The lowest BCUT2D eigenvalue weighted by Crippen LogP contribution is -2.25. The Hall–Kier alpha value is -2.90. The van der Waals surface area contributed by atoms with Gasteiger partial charge in [-0.15, -0.1) is 11.3 Å². The Kier molecular flexibility index (Phi) is 6.67. The molecule has 3 aromatic rings. The Labute approximate surface area is 179 Å². The number of carbonyl (C=O) groups excluding carboxylic acids is 1. The van der Waals surface area contributed by atoms with Crippen molar-refractivity contribution < 1.29 is 26.4 Å². The molecule has 0 saturated heterocycles. The van der Waals surface area contributed by atoms with Gasteiger partial charge < -0.3 is 5.32 Å². The average molecular weight is 471 g/mol. The van der Waals surface area contributed by atoms with Crippen LogP contribution in [0, 0.1) is 6.92 Å². The zero-order valence-electron chi connectivity index (χ0n) is 16.0. The minimum Gasteiger partial charge on any atom is -0.346 e. The van der Waals surface area contributed by atoms with Crippen LogP contribution < -0.4 is 10.0 Å². The van der Waals surface area contributed by atoms with Gasteiger partial charge in [0.15, 0.2) is 0 Å². The number of nitrogens with one attached hydrogen (secondary N) is 2. The molecule has 0 spiro atoms. The lowest BCUT2D eigenvalue weighted by molar-refractivity contribution is -0.141. The molecular formula is C18H16F3N5O3S2. The van der Waals surface area contributed by atoms with Gasteiger partial charge in [0, 0.05) is 30.0 Å². The Bertz CT molecular complexity index is 1160. The number of alkyl halides is 3. The Morgan fingerprint density at radius 2 is 1.81 bits per heavy atom. The van der Waals surface area contributed by atoms with Gasteiger partial charge in [-0.1, -0.05) is 6.07 Å². The molecule has 0 aliphatic heterocycles. The van der Waals surface area contributed by atoms with Crippen molar-refractivity contribution in [1.82, 2.24) is 25.0 Å². The number of pyridine rings is 2. The van der Waals surface area contributed by atoms with Gasteiger partial charge in [0.1, 0.15) is 16.3 Å². The average Bonchev–Trinajstić information content (AvgIpc) is 3.15. The fourth-order valence-corrected chi connectivity index (χ4v) is 4.07. The van der Waals surface area contributed by atoms with Crippen molar-refractivity contribution in [3.05, 3.63) is 69.7 Å². The topological polar surface area (TPSA) is 114 Å². The van der Waals surface area contributed by atoms with Gasteiger partial charge in [-0.25, -0.2) is 18.1 Å². The van der Waals surface area contributed by atoms with Crippen LogP contribution in [0.1, 0.15) is 31.6 Å². The molecule has 0 atom stereocenters. The summed E-state index contributed by atoms with van der Waals surface area (Å²) in [5, 5.41) is 3.60. The number of thiazole rings is 1. The highest BCUT2D eigenvalue weighted by atomic mass is 32.2. The molecule has 1 amide bonds. The third-order valence-corrected chi connectivity index (χ3v) is 6.25. The first kappa shape index (κ1) is 22.8. The lowest BCUT2D eigenvalue weighted by atomic mass is 10.2. The minimum atomic E-state index is -4.66. The number of hydrogen-bond donors (Lipinski definition) is 2. The second-order valence-corrected chi connectivity index (χ2v) is 9.37. The predicted molar refractivity (Wildman–Crippen MR) is 106 cm³/mol. The first-order valence-corrected chi connectivity index (χ1v) is 11.0. The van der Waals surface area contributed by atoms with E-state index in [4.69, 9.17) is 0 Å². The summed E-state index contributed by atoms with van der Waals surface area (Å²) < 4.78 is 64.4. The summed E-state index contributed by atoms with van der Waals surface area (Å²) in [6.45, 7) is 2.01. The van der Waals surface area contributed by atoms with Crippen molar-refractivity contribution in [3.63, 3.8) is 0 Å². The number of rotatable bonds is 7. The van der Waals surface area contributed by atoms with E-state index in [1.807, 2.05) is 6.92 Å². The molecule has 31 heavy (non-hydrogen) atoms. The normalized spacial score (nSPS) is 12.0. The van der Waals surface area contributed by atoms with Crippen LogP contribution >= 0.6 is 11.3 Å². The van der Waals surface area contributed by atoms with Gasteiger partial charge in [-0.3, -0.25) is 14.8 Å². The molecule has 0 aliphatic carbocycles. The predicted octanol–water partition coefficient (Wildman–Crippen LogP) is 2.67. The molecule has 0 aromatic carbocycles. The van der Waals surface area contributed by atoms with E-state index in [2.05, 4.69) is 25.0 Å². The molecule has 0 saturated carbocycles. The molecule has 13 heteroatoms. The van der Waals surface area contributed by atoms with Crippen molar-refractivity contribution in [2.75, 3.05) is 0 Å². The van der Waals surface area contributed by atoms with E-state index in [0.29, 0.717) is 24.4 Å². The Balaban J connectivity index is 1.57. The Morgan fingerprint density at radius 3 is 2.35 bits per heavy atom. The van der Waals surface area contributed by atoms with Gasteiger partial charge >= 0.3 is 6.18 Å². The number of hydrogen-bond acceptors (Lipinski definition) is 7. The number of sulfonamides is 1. The molecule has 0 unspecified atom stereocenters. The molecule has 0 radical (unpaired) electrons. The number of amides is 1. The van der Waals surface area contributed by atoms with Crippen molar-refractivity contribution in [2.24, 2.45) is 0 Å². The fourth-order valence-electron chi connectivity index (χ4n) is 2.38. The number of carbonyl (C=O) groups is 1. The van der Waals surface area contributed by atoms with Crippen LogP contribution in [-0.4, -0.2) is 29.3 Å². The smallest absolute Gasteiger partial charge is 0.346 e. The van der Waals surface area contributed by atoms with E-state index in [1.54, 1.807) is 6.20 Å². The van der Waals surface area contributed by atoms with Gasteiger partial charge in [0.25, 0.3) is 5.91 Å². The highest BCUT2D eigenvalue weighted by Crippen LogP contribution is 2.27. The largest absolute Gasteiger partial charge is 0.433 e. The molecular weight excluding hydrogens is 455 g/mol. The van der Waals surface area contributed by atoms with Gasteiger partial charge in [-0.2, -0.15) is 13.2 Å². The summed E-state index contributed by atoms with van der Waals surface area (Å²) in [4.78, 5) is 23.9. The standard InChI is InChI=1S/C18H16F3N5O3S2/c1-11-22-8-13(30-11)9-25-17(27)15-4-2-12(6-23-15)7-26-31(28,29)14-3-5-16(24-10-14)18(19,20)21/h2-6,8,10,26H,7,9H2,1H3,(H,25,27). The number of aryl methyl sites for hydroxylation is 1. The summed E-state index contributed by atoms with van der Waals surface area (Å²) >= 11 is 1.46. The molecule has 0 bridgehead atoms. The number of aromatic nitrogens is 3. The van der Waals surface area contributed by atoms with E-state index in [0.717, 1.165) is 16.0 Å². The molecule has 3 aromatic heterocycles. The fraction of sp³-hybridized carbons (Fsp3) is 0.222. The van der Waals surface area contributed by atoms with Gasteiger partial charge in [-0.05, 0) is 30.7 Å². The molecule has 164 valence electrons. The molecule has 3 rings (SSSR count). The van der Waals surface area contributed by atoms with E-state index in [9.17, 15) is 26.4 Å². The zero-order chi connectivity index (χ0) is 22.6. The third-order valence-electron chi connectivity index (χ3n) is 3.95. The van der Waals surface area contributed by atoms with Gasteiger partial charge in [0.05, 0.1) is 11.6 Å². The van der Waals surface area contributed by atoms with Crippen LogP contribution in [0.25, 0.3) is 0 Å². The van der Waals surface area contributed by atoms with E-state index in [1.165, 1.54) is 29.7 Å². The van der Waals surface area contributed by atoms with E-state index < -0.39 is 32.7 Å². The quantitative estimate of drug-likeness (QED) is 0.548. The maximum Gasteiger partial charge on any atom is 0.433 e. The van der Waals surface area contributed by atoms with Crippen LogP contribution in [0.15, 0.2) is 47.8 Å². The van der Waals surface area contributed by atoms with E-state index >= 15 is 0 Å². The number of nitrogens with zero attached hydrogens (tertiary/aromatic N) is 3. The van der Waals surface area contributed by atoms with Crippen LogP contribution in [0.5, 0.6) is 0 Å². The summed E-state index contributed by atoms with van der Waals surface area (Å²) in [7, 11) is -4.08. The maximum absolute atomic E-state index is 12.5. The Morgan fingerprint density at radius 1 is 1.03 bits per heavy atom. The molecule has 0 aliphatic rings. The van der Waals surface area contributed by atoms with Crippen LogP contribution in [-0.2, 0) is 29.3 Å². The second-order valence-electron chi connectivity index (χ2n) is 6.28. The summed E-state index contributed by atoms with van der Waals surface area (Å²) in [5.41, 5.74) is -0.576. The van der Waals surface area contributed by atoms with Crippen LogP contribution in [0.4, 0.5) is 13.2 Å². The lowest BCUT2D eigenvalue weighted by Gasteiger charge is -2.09. The van der Waals surface area contributed by atoms with Crippen LogP contribution in [0.2, 0.25) is 0 Å². The summed E-state index contributed by atoms with van der Waals surface area (Å²) in [5.74, 6) is -0.394. The monoisotopic (exact) mass is 471 g/mol. The molecule has 8 nitrogen and oxygen atoms in total. The highest BCUT2D eigenvalue weighted by Gasteiger charge is 2.32. The molecule has 3 heterocycles. The maximum atomic E-state index is 12.5. The molecule has 2 N–H and O–H groups in total. The third kappa shape index (κ3) is 6.06. The van der Waals surface area contributed by atoms with Crippen molar-refractivity contribution >= 4 is 27.3 Å². The number of halogens is 3. The SMILES string of the molecule is Cc1ncc(CNC(=O)c2ccc(CNS(=O)(=O)c3ccc(C(F)(F)F)nc3)cn2)s1. The first-order valence-electron chi connectivity index (χ1n) is 8.72. The van der Waals surface area contributed by atoms with Gasteiger partial charge in [0.2, 0.25) is 10.0 Å². The molecule has 0 fully saturated rings. The zero-order valence-corrected chi connectivity index (χ0v) is 17.6.